The van der Waals surface area contributed by atoms with Crippen LogP contribution in [-0.2, 0) is 0 Å². The van der Waals surface area contributed by atoms with E-state index in [2.05, 4.69) is 0 Å². The molecule has 3 nitrogen and oxygen atoms in total. The summed E-state index contributed by atoms with van der Waals surface area (Å²) in [5.74, 6) is -2.47. The van der Waals surface area contributed by atoms with Crippen LogP contribution in [-0.4, -0.2) is 35.1 Å². The summed E-state index contributed by atoms with van der Waals surface area (Å²) in [5, 5.41) is 9.19. The summed E-state index contributed by atoms with van der Waals surface area (Å²) in [7, 11) is 1.40. The minimum absolute atomic E-state index is 0.00445. The van der Waals surface area contributed by atoms with Crippen molar-refractivity contribution in [3.8, 4) is 0 Å². The van der Waals surface area contributed by atoms with Crippen molar-refractivity contribution in [2.45, 2.75) is 19.4 Å². The van der Waals surface area contributed by atoms with E-state index < -0.39 is 28.7 Å². The van der Waals surface area contributed by atoms with Gasteiger partial charge in [-0.1, -0.05) is 11.6 Å². The van der Waals surface area contributed by atoms with Gasteiger partial charge in [0.1, 0.15) is 11.6 Å². The third kappa shape index (κ3) is 3.65. The molecule has 0 unspecified atom stereocenters. The zero-order valence-corrected chi connectivity index (χ0v) is 11.1. The molecule has 0 aliphatic heterocycles. The van der Waals surface area contributed by atoms with Crippen LogP contribution >= 0.6 is 11.6 Å². The number of carbonyl (C=O) groups is 1. The number of nitrogens with zero attached hydrogens (tertiary/aromatic N) is 1. The van der Waals surface area contributed by atoms with E-state index >= 15 is 0 Å². The van der Waals surface area contributed by atoms with E-state index in [1.54, 1.807) is 0 Å². The molecule has 0 bridgehead atoms. The standard InChI is InChI=1S/C12H14ClF2NO2/c1-12(2,18)6-16(3)11(17)7-4-10(15)8(13)5-9(7)14/h4-5,18H,6H2,1-3H3. The number of hydrogen-bond donors (Lipinski definition) is 1. The summed E-state index contributed by atoms with van der Waals surface area (Å²) in [5.41, 5.74) is -1.53. The first-order valence-electron chi connectivity index (χ1n) is 5.24. The van der Waals surface area contributed by atoms with Crippen molar-refractivity contribution in [1.29, 1.82) is 0 Å². The van der Waals surface area contributed by atoms with Crippen LogP contribution in [0.25, 0.3) is 0 Å². The largest absolute Gasteiger partial charge is 0.389 e. The van der Waals surface area contributed by atoms with Gasteiger partial charge in [0.25, 0.3) is 5.91 Å². The Kier molecular flexibility index (Phi) is 4.29. The van der Waals surface area contributed by atoms with Crippen molar-refractivity contribution in [2.24, 2.45) is 0 Å². The average molecular weight is 278 g/mol. The Balaban J connectivity index is 3.01. The van der Waals surface area contributed by atoms with Crippen molar-refractivity contribution in [1.82, 2.24) is 4.90 Å². The summed E-state index contributed by atoms with van der Waals surface area (Å²) < 4.78 is 26.7. The molecule has 0 aliphatic rings. The van der Waals surface area contributed by atoms with Crippen LogP contribution in [0.5, 0.6) is 0 Å². The molecule has 1 aromatic carbocycles. The molecule has 0 radical (unpaired) electrons. The zero-order chi connectivity index (χ0) is 14.1. The van der Waals surface area contributed by atoms with Crippen molar-refractivity contribution >= 4 is 17.5 Å². The molecule has 1 amide bonds. The number of rotatable bonds is 3. The normalized spacial score (nSPS) is 11.5. The maximum atomic E-state index is 13.5. The lowest BCUT2D eigenvalue weighted by Gasteiger charge is -2.25. The third-order valence-corrected chi connectivity index (χ3v) is 2.50. The summed E-state index contributed by atoms with van der Waals surface area (Å²) in [6.07, 6.45) is 0. The molecule has 0 aliphatic carbocycles. The molecule has 1 rings (SSSR count). The Hall–Kier alpha value is -1.20. The summed E-state index contributed by atoms with van der Waals surface area (Å²) in [6, 6.07) is 1.50. The number of amides is 1. The van der Waals surface area contributed by atoms with E-state index in [9.17, 15) is 18.7 Å². The minimum atomic E-state index is -1.12. The zero-order valence-electron chi connectivity index (χ0n) is 10.3. The third-order valence-electron chi connectivity index (χ3n) is 2.21. The van der Waals surface area contributed by atoms with Gasteiger partial charge in [0.05, 0.1) is 16.2 Å². The fraction of sp³-hybridized carbons (Fsp3) is 0.417. The number of hydrogen-bond acceptors (Lipinski definition) is 2. The highest BCUT2D eigenvalue weighted by Gasteiger charge is 2.23. The fourth-order valence-electron chi connectivity index (χ4n) is 1.54. The molecular weight excluding hydrogens is 264 g/mol. The second-order valence-electron chi connectivity index (χ2n) is 4.72. The number of benzene rings is 1. The maximum absolute atomic E-state index is 13.5. The first-order chi connectivity index (χ1) is 8.11. The van der Waals surface area contributed by atoms with Gasteiger partial charge in [-0.2, -0.15) is 0 Å². The predicted octanol–water partition coefficient (Wildman–Crippen LogP) is 2.46. The molecule has 0 atom stereocenters. The molecule has 0 saturated heterocycles. The summed E-state index contributed by atoms with van der Waals surface area (Å²) >= 11 is 5.40. The number of halogens is 3. The Labute approximate surface area is 109 Å². The van der Waals surface area contributed by atoms with E-state index in [0.29, 0.717) is 0 Å². The Morgan fingerprint density at radius 1 is 1.39 bits per heavy atom. The quantitative estimate of drug-likeness (QED) is 0.862. The predicted molar refractivity (Wildman–Crippen MR) is 64.6 cm³/mol. The van der Waals surface area contributed by atoms with Gasteiger partial charge in [0.15, 0.2) is 0 Å². The summed E-state index contributed by atoms with van der Waals surface area (Å²) in [6.45, 7) is 3.01. The van der Waals surface area contributed by atoms with Crippen LogP contribution in [0.2, 0.25) is 5.02 Å². The molecule has 0 saturated carbocycles. The van der Waals surface area contributed by atoms with Crippen molar-refractivity contribution in [3.63, 3.8) is 0 Å². The molecule has 0 fully saturated rings. The van der Waals surface area contributed by atoms with Gasteiger partial charge in [-0.25, -0.2) is 8.78 Å². The van der Waals surface area contributed by atoms with E-state index in [0.717, 1.165) is 17.0 Å². The molecule has 0 heterocycles. The monoisotopic (exact) mass is 277 g/mol. The van der Waals surface area contributed by atoms with Crippen molar-refractivity contribution in [2.75, 3.05) is 13.6 Å². The Bertz CT molecular complexity index is 472. The Morgan fingerprint density at radius 2 is 1.94 bits per heavy atom. The van der Waals surface area contributed by atoms with Gasteiger partial charge < -0.3 is 10.0 Å². The lowest BCUT2D eigenvalue weighted by molar-refractivity contribution is 0.0365. The number of carbonyl (C=O) groups excluding carboxylic acids is 1. The van der Waals surface area contributed by atoms with Crippen LogP contribution < -0.4 is 0 Å². The minimum Gasteiger partial charge on any atom is -0.389 e. The van der Waals surface area contributed by atoms with Gasteiger partial charge in [0.2, 0.25) is 0 Å². The lowest BCUT2D eigenvalue weighted by atomic mass is 10.1. The van der Waals surface area contributed by atoms with Crippen LogP contribution in [0, 0.1) is 11.6 Å². The molecule has 0 aromatic heterocycles. The highest BCUT2D eigenvalue weighted by atomic mass is 35.5. The second-order valence-corrected chi connectivity index (χ2v) is 5.13. The highest BCUT2D eigenvalue weighted by molar-refractivity contribution is 6.30. The molecule has 6 heteroatoms. The van der Waals surface area contributed by atoms with Gasteiger partial charge in [0, 0.05) is 13.6 Å². The van der Waals surface area contributed by atoms with Gasteiger partial charge in [-0.3, -0.25) is 4.79 Å². The van der Waals surface area contributed by atoms with Gasteiger partial charge >= 0.3 is 0 Å². The van der Waals surface area contributed by atoms with Crippen molar-refractivity contribution < 1.29 is 18.7 Å². The Morgan fingerprint density at radius 3 is 2.44 bits per heavy atom. The van der Waals surface area contributed by atoms with Gasteiger partial charge in [-0.05, 0) is 26.0 Å². The topological polar surface area (TPSA) is 40.5 Å². The molecule has 1 aromatic rings. The highest BCUT2D eigenvalue weighted by Crippen LogP contribution is 2.20. The van der Waals surface area contributed by atoms with E-state index in [1.807, 2.05) is 0 Å². The van der Waals surface area contributed by atoms with Crippen LogP contribution in [0.4, 0.5) is 8.78 Å². The van der Waals surface area contributed by atoms with Crippen LogP contribution in [0.15, 0.2) is 12.1 Å². The van der Waals surface area contributed by atoms with E-state index in [-0.39, 0.29) is 11.6 Å². The average Bonchev–Trinajstić information content (AvgIpc) is 2.20. The first kappa shape index (κ1) is 14.9. The SMILES string of the molecule is CN(CC(C)(C)O)C(=O)c1cc(F)c(Cl)cc1F. The van der Waals surface area contributed by atoms with Gasteiger partial charge in [-0.15, -0.1) is 0 Å². The van der Waals surface area contributed by atoms with Crippen molar-refractivity contribution in [3.05, 3.63) is 34.4 Å². The number of likely N-dealkylation sites (N-methyl/N-ethyl adjacent to an activating group) is 1. The van der Waals surface area contributed by atoms with E-state index in [4.69, 9.17) is 11.6 Å². The smallest absolute Gasteiger partial charge is 0.256 e. The van der Waals surface area contributed by atoms with Crippen LogP contribution in [0.3, 0.4) is 0 Å². The number of aliphatic hydroxyl groups is 1. The van der Waals surface area contributed by atoms with E-state index in [1.165, 1.54) is 20.9 Å². The molecule has 100 valence electrons. The molecule has 0 spiro atoms. The lowest BCUT2D eigenvalue weighted by Crippen LogP contribution is -2.40. The first-order valence-corrected chi connectivity index (χ1v) is 5.62. The molecule has 18 heavy (non-hydrogen) atoms. The fourth-order valence-corrected chi connectivity index (χ4v) is 1.69. The molecule has 1 N–H and O–H groups in total. The second kappa shape index (κ2) is 5.20. The maximum Gasteiger partial charge on any atom is 0.256 e. The summed E-state index contributed by atoms with van der Waals surface area (Å²) in [4.78, 5) is 13.0. The molecular formula is C12H14ClF2NO2. The van der Waals surface area contributed by atoms with Crippen LogP contribution in [0.1, 0.15) is 24.2 Å².